The maximum absolute atomic E-state index is 11.6. The molecule has 3 heteroatoms. The zero-order valence-electron chi connectivity index (χ0n) is 8.08. The molecule has 0 saturated heterocycles. The number of imidazole rings is 1. The van der Waals surface area contributed by atoms with Crippen LogP contribution in [0.25, 0.3) is 0 Å². The zero-order valence-corrected chi connectivity index (χ0v) is 8.08. The van der Waals surface area contributed by atoms with Crippen LogP contribution in [0.4, 0.5) is 0 Å². The third-order valence-electron chi connectivity index (χ3n) is 2.45. The van der Waals surface area contributed by atoms with Crippen molar-refractivity contribution in [2.75, 3.05) is 0 Å². The molecule has 0 amide bonds. The summed E-state index contributed by atoms with van der Waals surface area (Å²) < 4.78 is 1.80. The number of carbonyl (C=O) groups is 1. The van der Waals surface area contributed by atoms with Crippen molar-refractivity contribution in [3.63, 3.8) is 0 Å². The smallest absolute Gasteiger partial charge is 0.232 e. The minimum Gasteiger partial charge on any atom is -0.274 e. The second kappa shape index (κ2) is 2.98. The number of hydrogen-bond acceptors (Lipinski definition) is 2. The lowest BCUT2D eigenvalue weighted by Crippen LogP contribution is -2.21. The van der Waals surface area contributed by atoms with Crippen molar-refractivity contribution >= 4 is 5.91 Å². The number of hydrogen-bond donors (Lipinski definition) is 0. The molecule has 0 atom stereocenters. The molecule has 13 heavy (non-hydrogen) atoms. The number of aromatic nitrogens is 2. The van der Waals surface area contributed by atoms with Gasteiger partial charge in [-0.1, -0.05) is 13.8 Å². The normalized spacial score (nSPS) is 16.4. The molecule has 2 rings (SSSR count). The van der Waals surface area contributed by atoms with E-state index in [-0.39, 0.29) is 5.91 Å². The summed E-state index contributed by atoms with van der Waals surface area (Å²) in [4.78, 5) is 15.9. The summed E-state index contributed by atoms with van der Waals surface area (Å²) in [7, 11) is 0. The minimum atomic E-state index is 0.211. The van der Waals surface area contributed by atoms with E-state index in [1.165, 1.54) is 0 Å². The molecule has 2 heterocycles. The van der Waals surface area contributed by atoms with Crippen molar-refractivity contribution in [3.8, 4) is 0 Å². The van der Waals surface area contributed by atoms with Gasteiger partial charge in [0.25, 0.3) is 0 Å². The van der Waals surface area contributed by atoms with Gasteiger partial charge in [0.05, 0.1) is 0 Å². The predicted octanol–water partition coefficient (Wildman–Crippen LogP) is 1.98. The van der Waals surface area contributed by atoms with Gasteiger partial charge in [0, 0.05) is 24.2 Å². The molecule has 0 spiro atoms. The van der Waals surface area contributed by atoms with Crippen molar-refractivity contribution in [2.24, 2.45) is 0 Å². The maximum Gasteiger partial charge on any atom is 0.232 e. The molecule has 0 bridgehead atoms. The standard InChI is InChI=1S/C10H14N2O/c1-7(2)10-11-6-8-4-3-5-9(13)12(8)10/h6-7H,3-5H2,1-2H3. The Kier molecular flexibility index (Phi) is 1.94. The third kappa shape index (κ3) is 1.28. The Morgan fingerprint density at radius 1 is 1.46 bits per heavy atom. The Balaban J connectivity index is 2.50. The van der Waals surface area contributed by atoms with Crippen LogP contribution < -0.4 is 0 Å². The van der Waals surface area contributed by atoms with Gasteiger partial charge in [-0.2, -0.15) is 0 Å². The topological polar surface area (TPSA) is 34.9 Å². The molecule has 0 fully saturated rings. The van der Waals surface area contributed by atoms with E-state index in [0.29, 0.717) is 12.3 Å². The second-order valence-corrected chi connectivity index (χ2v) is 3.85. The van der Waals surface area contributed by atoms with Gasteiger partial charge in [0.1, 0.15) is 5.82 Å². The monoisotopic (exact) mass is 178 g/mol. The largest absolute Gasteiger partial charge is 0.274 e. The van der Waals surface area contributed by atoms with Crippen LogP contribution in [0.1, 0.15) is 48.9 Å². The summed E-state index contributed by atoms with van der Waals surface area (Å²) in [6.07, 6.45) is 4.48. The molecule has 0 aromatic carbocycles. The van der Waals surface area contributed by atoms with Crippen LogP contribution in [0, 0.1) is 0 Å². The molecule has 1 aliphatic rings. The minimum absolute atomic E-state index is 0.211. The summed E-state index contributed by atoms with van der Waals surface area (Å²) in [5.74, 6) is 1.46. The number of nitrogens with zero attached hydrogens (tertiary/aromatic N) is 2. The molecule has 1 aliphatic heterocycles. The van der Waals surface area contributed by atoms with Crippen LogP contribution in [-0.2, 0) is 6.42 Å². The highest BCUT2D eigenvalue weighted by Crippen LogP contribution is 2.21. The third-order valence-corrected chi connectivity index (χ3v) is 2.45. The first-order valence-electron chi connectivity index (χ1n) is 4.80. The lowest BCUT2D eigenvalue weighted by atomic mass is 10.1. The van der Waals surface area contributed by atoms with Gasteiger partial charge in [0.2, 0.25) is 5.91 Å². The molecule has 0 saturated carbocycles. The van der Waals surface area contributed by atoms with E-state index < -0.39 is 0 Å². The van der Waals surface area contributed by atoms with Crippen molar-refractivity contribution in [2.45, 2.75) is 39.0 Å². The number of carbonyl (C=O) groups excluding carboxylic acids is 1. The van der Waals surface area contributed by atoms with E-state index in [1.807, 2.05) is 6.20 Å². The van der Waals surface area contributed by atoms with Crippen LogP contribution in [0.3, 0.4) is 0 Å². The van der Waals surface area contributed by atoms with Gasteiger partial charge < -0.3 is 0 Å². The zero-order chi connectivity index (χ0) is 9.42. The fourth-order valence-electron chi connectivity index (χ4n) is 1.81. The fourth-order valence-corrected chi connectivity index (χ4v) is 1.81. The van der Waals surface area contributed by atoms with E-state index in [2.05, 4.69) is 18.8 Å². The molecular formula is C10H14N2O. The van der Waals surface area contributed by atoms with E-state index in [0.717, 1.165) is 24.4 Å². The molecule has 0 aliphatic carbocycles. The Morgan fingerprint density at radius 2 is 2.23 bits per heavy atom. The summed E-state index contributed by atoms with van der Waals surface area (Å²) in [5.41, 5.74) is 1.08. The quantitative estimate of drug-likeness (QED) is 0.659. The molecule has 1 aromatic rings. The van der Waals surface area contributed by atoms with E-state index in [4.69, 9.17) is 0 Å². The number of aryl methyl sites for hydroxylation is 1. The predicted molar refractivity (Wildman–Crippen MR) is 49.9 cm³/mol. The Labute approximate surface area is 77.8 Å². The van der Waals surface area contributed by atoms with Crippen LogP contribution in [0.15, 0.2) is 6.20 Å². The first-order chi connectivity index (χ1) is 6.20. The van der Waals surface area contributed by atoms with Crippen molar-refractivity contribution in [1.29, 1.82) is 0 Å². The highest BCUT2D eigenvalue weighted by Gasteiger charge is 2.21. The first-order valence-corrected chi connectivity index (χ1v) is 4.80. The Bertz CT molecular complexity index is 339. The number of fused-ring (bicyclic) bond motifs is 1. The van der Waals surface area contributed by atoms with Crippen LogP contribution in [0.2, 0.25) is 0 Å². The van der Waals surface area contributed by atoms with Crippen molar-refractivity contribution < 1.29 is 4.79 Å². The van der Waals surface area contributed by atoms with E-state index in [1.54, 1.807) is 4.57 Å². The SMILES string of the molecule is CC(C)c1ncc2n1C(=O)CCC2. The van der Waals surface area contributed by atoms with Crippen LogP contribution in [-0.4, -0.2) is 15.5 Å². The summed E-state index contributed by atoms with van der Waals surface area (Å²) >= 11 is 0. The summed E-state index contributed by atoms with van der Waals surface area (Å²) in [6.45, 7) is 4.13. The van der Waals surface area contributed by atoms with E-state index >= 15 is 0 Å². The molecule has 0 radical (unpaired) electrons. The lowest BCUT2D eigenvalue weighted by molar-refractivity contribution is 0.0879. The molecule has 3 nitrogen and oxygen atoms in total. The van der Waals surface area contributed by atoms with Gasteiger partial charge in [-0.05, 0) is 12.8 Å². The molecule has 0 N–H and O–H groups in total. The van der Waals surface area contributed by atoms with Crippen molar-refractivity contribution in [3.05, 3.63) is 17.7 Å². The molecular weight excluding hydrogens is 164 g/mol. The average Bonchev–Trinajstić information content (AvgIpc) is 2.49. The molecule has 1 aromatic heterocycles. The average molecular weight is 178 g/mol. The molecule has 0 unspecified atom stereocenters. The Morgan fingerprint density at radius 3 is 2.92 bits per heavy atom. The van der Waals surface area contributed by atoms with Gasteiger partial charge >= 0.3 is 0 Å². The van der Waals surface area contributed by atoms with Crippen molar-refractivity contribution in [1.82, 2.24) is 9.55 Å². The maximum atomic E-state index is 11.6. The highest BCUT2D eigenvalue weighted by atomic mass is 16.2. The number of rotatable bonds is 1. The first kappa shape index (κ1) is 8.48. The Hall–Kier alpha value is -1.12. The summed E-state index contributed by atoms with van der Waals surface area (Å²) in [6, 6.07) is 0. The lowest BCUT2D eigenvalue weighted by Gasteiger charge is -2.16. The molecule has 70 valence electrons. The fraction of sp³-hybridized carbons (Fsp3) is 0.600. The van der Waals surface area contributed by atoms with Gasteiger partial charge in [-0.15, -0.1) is 0 Å². The van der Waals surface area contributed by atoms with Crippen LogP contribution in [0.5, 0.6) is 0 Å². The van der Waals surface area contributed by atoms with Gasteiger partial charge in [0.15, 0.2) is 0 Å². The summed E-state index contributed by atoms with van der Waals surface area (Å²) in [5, 5.41) is 0. The van der Waals surface area contributed by atoms with E-state index in [9.17, 15) is 4.79 Å². The highest BCUT2D eigenvalue weighted by molar-refractivity contribution is 5.81. The van der Waals surface area contributed by atoms with Crippen LogP contribution >= 0.6 is 0 Å². The van der Waals surface area contributed by atoms with Gasteiger partial charge in [-0.3, -0.25) is 9.36 Å². The second-order valence-electron chi connectivity index (χ2n) is 3.85. The van der Waals surface area contributed by atoms with Gasteiger partial charge in [-0.25, -0.2) is 4.98 Å².